The number of rotatable bonds is 2. The molecule has 0 spiro atoms. The van der Waals surface area contributed by atoms with Gasteiger partial charge in [-0.25, -0.2) is 0 Å². The Balaban J connectivity index is 1.62. The molecule has 2 nitrogen and oxygen atoms in total. The molecular formula is C18H22ClNO. The number of hydrogen-bond donors (Lipinski definition) is 1. The minimum Gasteiger partial charge on any atom is -0.352 e. The van der Waals surface area contributed by atoms with Crippen molar-refractivity contribution in [1.82, 2.24) is 5.32 Å². The van der Waals surface area contributed by atoms with Crippen LogP contribution in [0.3, 0.4) is 0 Å². The van der Waals surface area contributed by atoms with Crippen molar-refractivity contribution in [3.8, 4) is 0 Å². The van der Waals surface area contributed by atoms with Gasteiger partial charge in [0.25, 0.3) is 5.91 Å². The summed E-state index contributed by atoms with van der Waals surface area (Å²) < 4.78 is 0. The van der Waals surface area contributed by atoms with Gasteiger partial charge >= 0.3 is 0 Å². The first-order valence-corrected chi connectivity index (χ1v) is 8.71. The van der Waals surface area contributed by atoms with Crippen molar-refractivity contribution in [3.63, 3.8) is 0 Å². The first kappa shape index (κ1) is 13.6. The fourth-order valence-electron chi connectivity index (χ4n) is 4.67. The van der Waals surface area contributed by atoms with Gasteiger partial charge in [-0.05, 0) is 67.1 Å². The third kappa shape index (κ3) is 2.38. The average Bonchev–Trinajstić information content (AvgIpc) is 3.09. The van der Waals surface area contributed by atoms with E-state index in [0.29, 0.717) is 5.92 Å². The van der Waals surface area contributed by atoms with E-state index in [1.165, 1.54) is 31.2 Å². The largest absolute Gasteiger partial charge is 0.352 e. The van der Waals surface area contributed by atoms with Crippen molar-refractivity contribution < 1.29 is 4.79 Å². The molecule has 4 unspecified atom stereocenters. The topological polar surface area (TPSA) is 29.1 Å². The van der Waals surface area contributed by atoms with Gasteiger partial charge in [0, 0.05) is 12.1 Å². The SMILES string of the molecule is O=C1NCCCc2ccc(C(Cl)C3CC4CCC3C4)cc21. The molecule has 0 radical (unpaired) electrons. The highest BCUT2D eigenvalue weighted by molar-refractivity contribution is 6.21. The second-order valence-electron chi connectivity index (χ2n) is 7.02. The van der Waals surface area contributed by atoms with Crippen molar-refractivity contribution in [2.24, 2.45) is 17.8 Å². The molecule has 2 fully saturated rings. The predicted octanol–water partition coefficient (Wildman–Crippen LogP) is 4.08. The normalized spacial score (nSPS) is 32.4. The summed E-state index contributed by atoms with van der Waals surface area (Å²) in [6.45, 7) is 0.777. The standard InChI is InChI=1S/C18H22ClNO/c19-17(15-9-11-3-4-13(15)8-11)14-6-5-12-2-1-7-20-18(21)16(12)10-14/h5-6,10-11,13,15,17H,1-4,7-9H2,(H,20,21). The molecule has 1 heterocycles. The van der Waals surface area contributed by atoms with Crippen LogP contribution < -0.4 is 5.32 Å². The Hall–Kier alpha value is -1.02. The van der Waals surface area contributed by atoms with Crippen LogP contribution in [0.4, 0.5) is 0 Å². The maximum Gasteiger partial charge on any atom is 0.251 e. The lowest BCUT2D eigenvalue weighted by Crippen LogP contribution is -2.23. The van der Waals surface area contributed by atoms with Crippen LogP contribution in [0.15, 0.2) is 18.2 Å². The van der Waals surface area contributed by atoms with Crippen LogP contribution in [-0.4, -0.2) is 12.5 Å². The molecule has 3 heteroatoms. The zero-order chi connectivity index (χ0) is 14.4. The van der Waals surface area contributed by atoms with Crippen molar-refractivity contribution in [2.75, 3.05) is 6.54 Å². The summed E-state index contributed by atoms with van der Waals surface area (Å²) in [5, 5.41) is 3.05. The van der Waals surface area contributed by atoms with E-state index >= 15 is 0 Å². The van der Waals surface area contributed by atoms with Crippen molar-refractivity contribution >= 4 is 17.5 Å². The molecule has 4 rings (SSSR count). The number of nitrogens with one attached hydrogen (secondary N) is 1. The van der Waals surface area contributed by atoms with E-state index in [2.05, 4.69) is 23.5 Å². The third-order valence-electron chi connectivity index (χ3n) is 5.77. The number of amides is 1. The molecule has 1 aromatic carbocycles. The Morgan fingerprint density at radius 1 is 1.24 bits per heavy atom. The van der Waals surface area contributed by atoms with E-state index < -0.39 is 0 Å². The summed E-state index contributed by atoms with van der Waals surface area (Å²) in [6.07, 6.45) is 7.41. The Kier molecular flexibility index (Phi) is 3.45. The first-order chi connectivity index (χ1) is 10.2. The molecular weight excluding hydrogens is 282 g/mol. The monoisotopic (exact) mass is 303 g/mol. The molecule has 2 bridgehead atoms. The predicted molar refractivity (Wildman–Crippen MR) is 84.6 cm³/mol. The zero-order valence-electron chi connectivity index (χ0n) is 12.3. The first-order valence-electron chi connectivity index (χ1n) is 8.27. The molecule has 112 valence electrons. The van der Waals surface area contributed by atoms with Crippen molar-refractivity contribution in [3.05, 3.63) is 34.9 Å². The van der Waals surface area contributed by atoms with Gasteiger partial charge in [-0.3, -0.25) is 4.79 Å². The molecule has 0 saturated heterocycles. The van der Waals surface area contributed by atoms with Gasteiger partial charge < -0.3 is 5.32 Å². The third-order valence-corrected chi connectivity index (χ3v) is 6.35. The Bertz CT molecular complexity index is 570. The lowest BCUT2D eigenvalue weighted by atomic mass is 9.83. The van der Waals surface area contributed by atoms with Crippen LogP contribution in [0.5, 0.6) is 0 Å². The molecule has 3 aliphatic rings. The number of fused-ring (bicyclic) bond motifs is 3. The van der Waals surface area contributed by atoms with Crippen LogP contribution in [0.25, 0.3) is 0 Å². The maximum absolute atomic E-state index is 12.2. The molecule has 1 N–H and O–H groups in total. The maximum atomic E-state index is 12.2. The lowest BCUT2D eigenvalue weighted by Gasteiger charge is -2.27. The van der Waals surface area contributed by atoms with Gasteiger partial charge in [0.15, 0.2) is 0 Å². The fraction of sp³-hybridized carbons (Fsp3) is 0.611. The number of alkyl halides is 1. The number of carbonyl (C=O) groups excluding carboxylic acids is 1. The second-order valence-corrected chi connectivity index (χ2v) is 7.49. The van der Waals surface area contributed by atoms with Gasteiger partial charge in [0.05, 0.1) is 5.38 Å². The number of benzene rings is 1. The minimum atomic E-state index is 0.0705. The summed E-state index contributed by atoms with van der Waals surface area (Å²) in [7, 11) is 0. The summed E-state index contributed by atoms with van der Waals surface area (Å²) in [4.78, 5) is 12.2. The van der Waals surface area contributed by atoms with Crippen LogP contribution in [-0.2, 0) is 6.42 Å². The van der Waals surface area contributed by atoms with E-state index in [4.69, 9.17) is 11.6 Å². The van der Waals surface area contributed by atoms with Crippen LogP contribution >= 0.6 is 11.6 Å². The van der Waals surface area contributed by atoms with Gasteiger partial charge in [0.1, 0.15) is 0 Å². The van der Waals surface area contributed by atoms with E-state index in [1.54, 1.807) is 0 Å². The van der Waals surface area contributed by atoms with E-state index in [9.17, 15) is 4.79 Å². The number of halogens is 1. The Morgan fingerprint density at radius 3 is 2.90 bits per heavy atom. The molecule has 1 aliphatic heterocycles. The highest BCUT2D eigenvalue weighted by Crippen LogP contribution is 2.54. The molecule has 2 aliphatic carbocycles. The van der Waals surface area contributed by atoms with Crippen LogP contribution in [0.1, 0.15) is 59.0 Å². The highest BCUT2D eigenvalue weighted by atomic mass is 35.5. The molecule has 21 heavy (non-hydrogen) atoms. The smallest absolute Gasteiger partial charge is 0.251 e. The van der Waals surface area contributed by atoms with E-state index in [0.717, 1.165) is 42.3 Å². The van der Waals surface area contributed by atoms with E-state index in [-0.39, 0.29) is 11.3 Å². The van der Waals surface area contributed by atoms with Gasteiger partial charge in [-0.2, -0.15) is 0 Å². The number of aryl methyl sites for hydroxylation is 1. The summed E-state index contributed by atoms with van der Waals surface area (Å²) in [6, 6.07) is 6.33. The van der Waals surface area contributed by atoms with Gasteiger partial charge in [-0.15, -0.1) is 11.6 Å². The molecule has 4 atom stereocenters. The summed E-state index contributed by atoms with van der Waals surface area (Å²) in [5.74, 6) is 2.40. The highest BCUT2D eigenvalue weighted by Gasteiger charge is 2.43. The molecule has 2 saturated carbocycles. The van der Waals surface area contributed by atoms with Gasteiger partial charge in [0.2, 0.25) is 0 Å². The quantitative estimate of drug-likeness (QED) is 0.820. The molecule has 1 amide bonds. The van der Waals surface area contributed by atoms with Crippen LogP contribution in [0, 0.1) is 17.8 Å². The summed E-state index contributed by atoms with van der Waals surface area (Å²) >= 11 is 6.81. The van der Waals surface area contributed by atoms with Crippen LogP contribution in [0.2, 0.25) is 0 Å². The Morgan fingerprint density at radius 2 is 2.14 bits per heavy atom. The van der Waals surface area contributed by atoms with Crippen molar-refractivity contribution in [1.29, 1.82) is 0 Å². The second kappa shape index (κ2) is 5.31. The summed E-state index contributed by atoms with van der Waals surface area (Å²) in [5.41, 5.74) is 3.16. The Labute approximate surface area is 131 Å². The number of hydrogen-bond acceptors (Lipinski definition) is 1. The average molecular weight is 304 g/mol. The van der Waals surface area contributed by atoms with Gasteiger partial charge in [-0.1, -0.05) is 18.6 Å². The lowest BCUT2D eigenvalue weighted by molar-refractivity contribution is 0.0956. The van der Waals surface area contributed by atoms with Crippen molar-refractivity contribution in [2.45, 2.75) is 43.9 Å². The van der Waals surface area contributed by atoms with E-state index in [1.807, 2.05) is 0 Å². The number of carbonyl (C=O) groups is 1. The fourth-order valence-corrected chi connectivity index (χ4v) is 5.11. The molecule has 1 aromatic rings. The minimum absolute atomic E-state index is 0.0705. The zero-order valence-corrected chi connectivity index (χ0v) is 13.0. The molecule has 0 aromatic heterocycles.